The lowest BCUT2D eigenvalue weighted by Crippen LogP contribution is -2.59. The highest BCUT2D eigenvalue weighted by Crippen LogP contribution is 2.33. The molecule has 0 spiro atoms. The predicted molar refractivity (Wildman–Crippen MR) is 90.2 cm³/mol. The lowest BCUT2D eigenvalue weighted by molar-refractivity contribution is 0.0312. The van der Waals surface area contributed by atoms with E-state index < -0.39 is 10.0 Å². The van der Waals surface area contributed by atoms with Crippen LogP contribution < -0.4 is 0 Å². The Kier molecular flexibility index (Phi) is 4.72. The molecule has 8 heteroatoms. The van der Waals surface area contributed by atoms with Gasteiger partial charge < -0.3 is 9.32 Å². The molecule has 2 aliphatic heterocycles. The Morgan fingerprint density at radius 1 is 1.25 bits per heavy atom. The third kappa shape index (κ3) is 3.22. The maximum absolute atomic E-state index is 12.4. The molecule has 0 aromatic carbocycles. The van der Waals surface area contributed by atoms with Gasteiger partial charge in [-0.2, -0.15) is 0 Å². The second-order valence-corrected chi connectivity index (χ2v) is 8.70. The van der Waals surface area contributed by atoms with Gasteiger partial charge in [0.25, 0.3) is 5.91 Å². The molecule has 24 heavy (non-hydrogen) atoms. The van der Waals surface area contributed by atoms with Gasteiger partial charge in [-0.15, -0.1) is 0 Å². The standard InChI is InChI=1S/C16H25N3O4S/c1-3-16(5-6-19(13-16)24(2,21)22)18-9-7-17(8-10-18)15(20)14-4-11-23-12-14/h4,11-12H,3,5-10,13H2,1-2H3. The highest BCUT2D eigenvalue weighted by Gasteiger charge is 2.45. The summed E-state index contributed by atoms with van der Waals surface area (Å²) in [5.41, 5.74) is 0.478. The van der Waals surface area contributed by atoms with Crippen molar-refractivity contribution < 1.29 is 17.6 Å². The third-order valence-corrected chi connectivity index (χ3v) is 6.68. The normalized spacial score (nSPS) is 26.8. The Morgan fingerprint density at radius 2 is 1.96 bits per heavy atom. The first-order valence-electron chi connectivity index (χ1n) is 8.37. The van der Waals surface area contributed by atoms with Crippen molar-refractivity contribution in [2.24, 2.45) is 0 Å². The molecule has 2 aliphatic rings. The molecule has 3 heterocycles. The van der Waals surface area contributed by atoms with Crippen molar-refractivity contribution in [3.05, 3.63) is 24.2 Å². The van der Waals surface area contributed by atoms with E-state index in [0.717, 1.165) is 25.9 Å². The smallest absolute Gasteiger partial charge is 0.257 e. The predicted octanol–water partition coefficient (Wildman–Crippen LogP) is 0.852. The number of sulfonamides is 1. The third-order valence-electron chi connectivity index (χ3n) is 5.43. The van der Waals surface area contributed by atoms with Crippen molar-refractivity contribution in [2.45, 2.75) is 25.3 Å². The zero-order chi connectivity index (χ0) is 17.4. The second-order valence-electron chi connectivity index (χ2n) is 6.72. The van der Waals surface area contributed by atoms with Crippen LogP contribution in [-0.4, -0.2) is 79.5 Å². The van der Waals surface area contributed by atoms with Crippen molar-refractivity contribution in [1.29, 1.82) is 0 Å². The minimum absolute atomic E-state index is 0.00173. The highest BCUT2D eigenvalue weighted by atomic mass is 32.2. The van der Waals surface area contributed by atoms with Crippen molar-refractivity contribution in [3.63, 3.8) is 0 Å². The van der Waals surface area contributed by atoms with Gasteiger partial charge in [0.05, 0.1) is 18.1 Å². The Morgan fingerprint density at radius 3 is 2.46 bits per heavy atom. The van der Waals surface area contributed by atoms with E-state index in [9.17, 15) is 13.2 Å². The second kappa shape index (κ2) is 6.50. The molecule has 1 aromatic rings. The van der Waals surface area contributed by atoms with Crippen LogP contribution in [0, 0.1) is 0 Å². The molecule has 0 bridgehead atoms. The maximum atomic E-state index is 12.4. The fourth-order valence-electron chi connectivity index (χ4n) is 3.83. The van der Waals surface area contributed by atoms with Gasteiger partial charge >= 0.3 is 0 Å². The molecule has 1 unspecified atom stereocenters. The number of rotatable bonds is 4. The molecular weight excluding hydrogens is 330 g/mol. The first-order valence-corrected chi connectivity index (χ1v) is 10.2. The Bertz CT molecular complexity index is 680. The summed E-state index contributed by atoms with van der Waals surface area (Å²) < 4.78 is 30.2. The van der Waals surface area contributed by atoms with E-state index in [4.69, 9.17) is 4.42 Å². The number of hydrogen-bond donors (Lipinski definition) is 0. The molecule has 3 rings (SSSR count). The average molecular weight is 355 g/mol. The maximum Gasteiger partial charge on any atom is 0.257 e. The van der Waals surface area contributed by atoms with Gasteiger partial charge in [-0.1, -0.05) is 6.92 Å². The molecule has 1 amide bonds. The van der Waals surface area contributed by atoms with Gasteiger partial charge in [-0.05, 0) is 18.9 Å². The summed E-state index contributed by atoms with van der Waals surface area (Å²) in [5.74, 6) is -0.00173. The monoisotopic (exact) mass is 355 g/mol. The van der Waals surface area contributed by atoms with E-state index in [2.05, 4.69) is 11.8 Å². The van der Waals surface area contributed by atoms with Crippen LogP contribution in [0.5, 0.6) is 0 Å². The zero-order valence-electron chi connectivity index (χ0n) is 14.3. The quantitative estimate of drug-likeness (QED) is 0.801. The topological polar surface area (TPSA) is 74.1 Å². The van der Waals surface area contributed by atoms with Gasteiger partial charge in [-0.25, -0.2) is 12.7 Å². The van der Waals surface area contributed by atoms with Crippen LogP contribution in [0.25, 0.3) is 0 Å². The van der Waals surface area contributed by atoms with E-state index in [-0.39, 0.29) is 11.4 Å². The van der Waals surface area contributed by atoms with Gasteiger partial charge in [0.2, 0.25) is 10.0 Å². The fourth-order valence-corrected chi connectivity index (χ4v) is 4.72. The van der Waals surface area contributed by atoms with Crippen molar-refractivity contribution in [3.8, 4) is 0 Å². The number of piperazine rings is 1. The first kappa shape index (κ1) is 17.4. The molecular formula is C16H25N3O4S. The van der Waals surface area contributed by atoms with Crippen LogP contribution in [0.1, 0.15) is 30.1 Å². The van der Waals surface area contributed by atoms with Gasteiger partial charge in [0, 0.05) is 44.8 Å². The summed E-state index contributed by atoms with van der Waals surface area (Å²) in [6.07, 6.45) is 6.03. The van der Waals surface area contributed by atoms with Crippen LogP contribution in [0.15, 0.2) is 23.0 Å². The lowest BCUT2D eigenvalue weighted by Gasteiger charge is -2.45. The van der Waals surface area contributed by atoms with Crippen molar-refractivity contribution >= 4 is 15.9 Å². The van der Waals surface area contributed by atoms with E-state index in [0.29, 0.717) is 31.7 Å². The van der Waals surface area contributed by atoms with Crippen LogP contribution in [0.2, 0.25) is 0 Å². The summed E-state index contributed by atoms with van der Waals surface area (Å²) in [6.45, 7) is 6.12. The van der Waals surface area contributed by atoms with E-state index in [1.54, 1.807) is 10.4 Å². The molecule has 7 nitrogen and oxygen atoms in total. The number of nitrogens with zero attached hydrogens (tertiary/aromatic N) is 3. The molecule has 134 valence electrons. The molecule has 0 radical (unpaired) electrons. The summed E-state index contributed by atoms with van der Waals surface area (Å²) >= 11 is 0. The lowest BCUT2D eigenvalue weighted by atomic mass is 9.92. The molecule has 0 aliphatic carbocycles. The zero-order valence-corrected chi connectivity index (χ0v) is 15.1. The highest BCUT2D eigenvalue weighted by molar-refractivity contribution is 7.88. The van der Waals surface area contributed by atoms with Crippen LogP contribution in [0.4, 0.5) is 0 Å². The van der Waals surface area contributed by atoms with Crippen LogP contribution in [-0.2, 0) is 10.0 Å². The van der Waals surface area contributed by atoms with E-state index in [1.165, 1.54) is 18.8 Å². The number of furan rings is 1. The van der Waals surface area contributed by atoms with Gasteiger partial charge in [0.1, 0.15) is 6.26 Å². The number of amides is 1. The number of hydrogen-bond acceptors (Lipinski definition) is 5. The number of carbonyl (C=O) groups excluding carboxylic acids is 1. The summed E-state index contributed by atoms with van der Waals surface area (Å²) in [6, 6.07) is 1.68. The Labute approximate surface area is 143 Å². The molecule has 0 N–H and O–H groups in total. The molecule has 0 saturated carbocycles. The molecule has 2 saturated heterocycles. The van der Waals surface area contributed by atoms with Crippen molar-refractivity contribution in [1.82, 2.24) is 14.1 Å². The van der Waals surface area contributed by atoms with Crippen molar-refractivity contribution in [2.75, 3.05) is 45.5 Å². The average Bonchev–Trinajstić information content (AvgIpc) is 3.24. The summed E-state index contributed by atoms with van der Waals surface area (Å²) in [7, 11) is -3.14. The summed E-state index contributed by atoms with van der Waals surface area (Å²) in [5, 5.41) is 0. The Hall–Kier alpha value is -1.38. The van der Waals surface area contributed by atoms with Crippen LogP contribution >= 0.6 is 0 Å². The largest absolute Gasteiger partial charge is 0.472 e. The van der Waals surface area contributed by atoms with Crippen LogP contribution in [0.3, 0.4) is 0 Å². The van der Waals surface area contributed by atoms with Gasteiger partial charge in [-0.3, -0.25) is 9.69 Å². The minimum Gasteiger partial charge on any atom is -0.472 e. The molecule has 2 fully saturated rings. The Balaban J connectivity index is 1.64. The fraction of sp³-hybridized carbons (Fsp3) is 0.688. The summed E-state index contributed by atoms with van der Waals surface area (Å²) in [4.78, 5) is 16.6. The molecule has 1 atom stereocenters. The van der Waals surface area contributed by atoms with E-state index in [1.807, 2.05) is 4.90 Å². The minimum atomic E-state index is -3.14. The molecule has 1 aromatic heterocycles. The SMILES string of the molecule is CCC1(N2CCN(C(=O)c3ccoc3)CC2)CCN(S(C)(=O)=O)C1. The van der Waals surface area contributed by atoms with E-state index >= 15 is 0 Å². The first-order chi connectivity index (χ1) is 11.4. The van der Waals surface area contributed by atoms with Gasteiger partial charge in [0.15, 0.2) is 0 Å². The number of carbonyl (C=O) groups is 1.